The summed E-state index contributed by atoms with van der Waals surface area (Å²) in [4.78, 5) is 34.1. The first-order valence-corrected chi connectivity index (χ1v) is 7.78. The van der Waals surface area contributed by atoms with Crippen molar-refractivity contribution in [2.24, 2.45) is 0 Å². The van der Waals surface area contributed by atoms with Gasteiger partial charge in [-0.2, -0.15) is 0 Å². The van der Waals surface area contributed by atoms with E-state index in [1.807, 2.05) is 31.2 Å². The van der Waals surface area contributed by atoms with E-state index in [0.717, 1.165) is 22.2 Å². The van der Waals surface area contributed by atoms with Crippen molar-refractivity contribution in [3.8, 4) is 0 Å². The third kappa shape index (κ3) is 7.10. The fraction of sp³-hybridized carbons (Fsp3) is 0.312. The number of carbonyl (C=O) groups is 3. The van der Waals surface area contributed by atoms with Crippen LogP contribution >= 0.6 is 15.9 Å². The summed E-state index contributed by atoms with van der Waals surface area (Å²) in [7, 11) is 0. The van der Waals surface area contributed by atoms with Gasteiger partial charge in [0.25, 0.3) is 5.91 Å². The van der Waals surface area contributed by atoms with Gasteiger partial charge in [-0.3, -0.25) is 4.79 Å². The molecule has 0 heterocycles. The molecule has 0 radical (unpaired) electrons. The molecule has 6 nitrogen and oxygen atoms in total. The molecule has 124 valence electrons. The van der Waals surface area contributed by atoms with E-state index in [4.69, 9.17) is 4.74 Å². The van der Waals surface area contributed by atoms with Crippen molar-refractivity contribution in [2.45, 2.75) is 19.9 Å². The van der Waals surface area contributed by atoms with Gasteiger partial charge in [-0.15, -0.1) is 0 Å². The summed E-state index contributed by atoms with van der Waals surface area (Å²) in [6, 6.07) is 7.25. The first-order valence-electron chi connectivity index (χ1n) is 6.99. The predicted octanol–water partition coefficient (Wildman–Crippen LogP) is 2.29. The van der Waals surface area contributed by atoms with Crippen LogP contribution in [0.15, 0.2) is 40.9 Å². The average molecular weight is 384 g/mol. The molecule has 0 unspecified atom stereocenters. The van der Waals surface area contributed by atoms with Crippen LogP contribution in [0.5, 0.6) is 0 Å². The number of nitrogens with one attached hydrogen (secondary N) is 1. The SMILES string of the molecule is CCOC(=O)/C=C/C(=O)OCC(=O)N[C@@H](C)c1ccccc1Br. The molecule has 0 aromatic heterocycles. The summed E-state index contributed by atoms with van der Waals surface area (Å²) in [5.41, 5.74) is 0.911. The zero-order chi connectivity index (χ0) is 17.2. The average Bonchev–Trinajstić information content (AvgIpc) is 2.51. The Kier molecular flexibility index (Phi) is 8.04. The van der Waals surface area contributed by atoms with Gasteiger partial charge in [0.15, 0.2) is 6.61 Å². The molecule has 0 saturated carbocycles. The van der Waals surface area contributed by atoms with Crippen molar-refractivity contribution in [1.82, 2.24) is 5.32 Å². The van der Waals surface area contributed by atoms with Gasteiger partial charge in [0, 0.05) is 16.6 Å². The van der Waals surface area contributed by atoms with Crippen molar-refractivity contribution in [2.75, 3.05) is 13.2 Å². The molecular weight excluding hydrogens is 366 g/mol. The fourth-order valence-corrected chi connectivity index (χ4v) is 2.33. The quantitative estimate of drug-likeness (QED) is 0.576. The maximum Gasteiger partial charge on any atom is 0.331 e. The minimum atomic E-state index is -0.790. The van der Waals surface area contributed by atoms with Crippen LogP contribution in [0.25, 0.3) is 0 Å². The molecule has 0 aliphatic rings. The Morgan fingerprint density at radius 1 is 1.17 bits per heavy atom. The van der Waals surface area contributed by atoms with E-state index >= 15 is 0 Å². The van der Waals surface area contributed by atoms with Crippen molar-refractivity contribution >= 4 is 33.8 Å². The van der Waals surface area contributed by atoms with Crippen LogP contribution in [0, 0.1) is 0 Å². The van der Waals surface area contributed by atoms with Gasteiger partial charge in [0.2, 0.25) is 0 Å². The van der Waals surface area contributed by atoms with E-state index in [1.54, 1.807) is 6.92 Å². The Morgan fingerprint density at radius 2 is 1.78 bits per heavy atom. The summed E-state index contributed by atoms with van der Waals surface area (Å²) in [6.07, 6.45) is 1.87. The standard InChI is InChI=1S/C16H18BrNO5/c1-3-22-15(20)8-9-16(21)23-10-14(19)18-11(2)12-6-4-5-7-13(12)17/h4-9,11H,3,10H2,1-2H3,(H,18,19)/b9-8+/t11-/m0/s1. The zero-order valence-corrected chi connectivity index (χ0v) is 14.5. The number of benzene rings is 1. The van der Waals surface area contributed by atoms with E-state index in [2.05, 4.69) is 26.0 Å². The van der Waals surface area contributed by atoms with E-state index < -0.39 is 24.5 Å². The van der Waals surface area contributed by atoms with E-state index in [1.165, 1.54) is 0 Å². The van der Waals surface area contributed by atoms with Gasteiger partial charge in [-0.1, -0.05) is 34.1 Å². The normalized spacial score (nSPS) is 11.8. The second-order valence-electron chi connectivity index (χ2n) is 4.50. The smallest absolute Gasteiger partial charge is 0.331 e. The zero-order valence-electron chi connectivity index (χ0n) is 12.9. The molecule has 1 rings (SSSR count). The highest BCUT2D eigenvalue weighted by Crippen LogP contribution is 2.22. The highest BCUT2D eigenvalue weighted by atomic mass is 79.9. The minimum Gasteiger partial charge on any atom is -0.463 e. The summed E-state index contributed by atoms with van der Waals surface area (Å²) in [5, 5.41) is 2.72. The molecule has 1 amide bonds. The van der Waals surface area contributed by atoms with Gasteiger partial charge >= 0.3 is 11.9 Å². The Bertz CT molecular complexity index is 600. The number of rotatable bonds is 7. The van der Waals surface area contributed by atoms with Crippen LogP contribution in [0.1, 0.15) is 25.5 Å². The topological polar surface area (TPSA) is 81.7 Å². The molecule has 1 aromatic carbocycles. The summed E-state index contributed by atoms with van der Waals surface area (Å²) < 4.78 is 10.2. The van der Waals surface area contributed by atoms with E-state index in [9.17, 15) is 14.4 Å². The molecule has 0 spiro atoms. The van der Waals surface area contributed by atoms with E-state index in [-0.39, 0.29) is 12.6 Å². The van der Waals surface area contributed by atoms with Crippen LogP contribution < -0.4 is 5.32 Å². The second kappa shape index (κ2) is 9.78. The lowest BCUT2D eigenvalue weighted by Gasteiger charge is -2.15. The Labute approximate surface area is 143 Å². The van der Waals surface area contributed by atoms with Crippen LogP contribution in [0.4, 0.5) is 0 Å². The monoisotopic (exact) mass is 383 g/mol. The Balaban J connectivity index is 2.41. The third-order valence-corrected chi connectivity index (χ3v) is 3.46. The molecule has 1 N–H and O–H groups in total. The highest BCUT2D eigenvalue weighted by molar-refractivity contribution is 9.10. The van der Waals surface area contributed by atoms with Crippen LogP contribution in [-0.2, 0) is 23.9 Å². The van der Waals surface area contributed by atoms with Gasteiger partial charge in [-0.05, 0) is 25.5 Å². The highest BCUT2D eigenvalue weighted by Gasteiger charge is 2.13. The van der Waals surface area contributed by atoms with E-state index in [0.29, 0.717) is 0 Å². The lowest BCUT2D eigenvalue weighted by atomic mass is 10.1. The molecule has 7 heteroatoms. The Hall–Kier alpha value is -2.15. The van der Waals surface area contributed by atoms with Gasteiger partial charge in [-0.25, -0.2) is 9.59 Å². The van der Waals surface area contributed by atoms with Gasteiger partial charge in [0.1, 0.15) is 0 Å². The molecule has 0 saturated heterocycles. The number of carbonyl (C=O) groups excluding carboxylic acids is 3. The summed E-state index contributed by atoms with van der Waals surface area (Å²) >= 11 is 3.41. The molecule has 0 bridgehead atoms. The van der Waals surface area contributed by atoms with Crippen molar-refractivity contribution < 1.29 is 23.9 Å². The molecule has 23 heavy (non-hydrogen) atoms. The first-order chi connectivity index (χ1) is 10.9. The molecule has 0 fully saturated rings. The van der Waals surface area contributed by atoms with Crippen LogP contribution in [-0.4, -0.2) is 31.1 Å². The number of hydrogen-bond donors (Lipinski definition) is 1. The van der Waals surface area contributed by atoms with Crippen LogP contribution in [0.3, 0.4) is 0 Å². The number of halogens is 1. The van der Waals surface area contributed by atoms with Crippen molar-refractivity contribution in [3.63, 3.8) is 0 Å². The maximum atomic E-state index is 11.8. The predicted molar refractivity (Wildman–Crippen MR) is 87.4 cm³/mol. The lowest BCUT2D eigenvalue weighted by molar-refractivity contribution is -0.144. The summed E-state index contributed by atoms with van der Waals surface area (Å²) in [6.45, 7) is 3.26. The molecule has 0 aliphatic heterocycles. The Morgan fingerprint density at radius 3 is 2.39 bits per heavy atom. The van der Waals surface area contributed by atoms with Crippen molar-refractivity contribution in [1.29, 1.82) is 0 Å². The maximum absolute atomic E-state index is 11.8. The lowest BCUT2D eigenvalue weighted by Crippen LogP contribution is -2.31. The van der Waals surface area contributed by atoms with Gasteiger partial charge < -0.3 is 14.8 Å². The largest absolute Gasteiger partial charge is 0.463 e. The minimum absolute atomic E-state index is 0.216. The third-order valence-electron chi connectivity index (χ3n) is 2.74. The first kappa shape index (κ1) is 18.9. The molecule has 1 aromatic rings. The number of esters is 2. The second-order valence-corrected chi connectivity index (χ2v) is 5.36. The molecular formula is C16H18BrNO5. The molecule has 1 atom stereocenters. The fourth-order valence-electron chi connectivity index (χ4n) is 1.70. The summed E-state index contributed by atoms with van der Waals surface area (Å²) in [5.74, 6) is -1.87. The molecule has 0 aliphatic carbocycles. The van der Waals surface area contributed by atoms with Gasteiger partial charge in [0.05, 0.1) is 12.6 Å². The number of hydrogen-bond acceptors (Lipinski definition) is 5. The van der Waals surface area contributed by atoms with Crippen molar-refractivity contribution in [3.05, 3.63) is 46.5 Å². The number of amides is 1. The van der Waals surface area contributed by atoms with Crippen LogP contribution in [0.2, 0.25) is 0 Å². The number of ether oxygens (including phenoxy) is 2.